The summed E-state index contributed by atoms with van der Waals surface area (Å²) in [4.78, 5) is 28.7. The van der Waals surface area contributed by atoms with Gasteiger partial charge in [-0.15, -0.1) is 12.4 Å². The van der Waals surface area contributed by atoms with Gasteiger partial charge in [0.2, 0.25) is 11.8 Å². The number of nitrogens with zero attached hydrogens (tertiary/aromatic N) is 2. The Hall–Kier alpha value is -0.810. The molecule has 0 aromatic rings. The summed E-state index contributed by atoms with van der Waals surface area (Å²) in [6, 6.07) is 0. The van der Waals surface area contributed by atoms with Crippen molar-refractivity contribution in [1.82, 2.24) is 15.1 Å². The highest BCUT2D eigenvalue weighted by molar-refractivity contribution is 5.85. The molecule has 3 rings (SSSR count). The van der Waals surface area contributed by atoms with Gasteiger partial charge in [0.25, 0.3) is 0 Å². The van der Waals surface area contributed by atoms with E-state index in [1.807, 2.05) is 11.8 Å². The summed E-state index contributed by atoms with van der Waals surface area (Å²) in [7, 11) is 0. The zero-order valence-corrected chi connectivity index (χ0v) is 14.2. The third-order valence-electron chi connectivity index (χ3n) is 5.29. The standard InChI is InChI=1S/C16H27N3O2.ClH/c1-2-4-15(20)18-6-3-5-12(9-18)16(21)19-10-13-7-17-8-14(13)11-19;/h12-14,17H,2-11H2,1H3;1H/t12?,13-,14+;. The van der Waals surface area contributed by atoms with Gasteiger partial charge < -0.3 is 15.1 Å². The van der Waals surface area contributed by atoms with Crippen molar-refractivity contribution in [3.8, 4) is 0 Å². The van der Waals surface area contributed by atoms with Crippen LogP contribution in [0, 0.1) is 17.8 Å². The van der Waals surface area contributed by atoms with Crippen LogP contribution in [0.4, 0.5) is 0 Å². The van der Waals surface area contributed by atoms with Gasteiger partial charge in [-0.1, -0.05) is 6.92 Å². The minimum atomic E-state index is 0. The van der Waals surface area contributed by atoms with Crippen LogP contribution >= 0.6 is 12.4 Å². The van der Waals surface area contributed by atoms with Crippen molar-refractivity contribution in [1.29, 1.82) is 0 Å². The molecule has 3 fully saturated rings. The molecule has 2 amide bonds. The van der Waals surface area contributed by atoms with Crippen LogP contribution in [0.3, 0.4) is 0 Å². The molecule has 1 unspecified atom stereocenters. The third-order valence-corrected chi connectivity index (χ3v) is 5.29. The minimum absolute atomic E-state index is 0. The van der Waals surface area contributed by atoms with Gasteiger partial charge >= 0.3 is 0 Å². The number of carbonyl (C=O) groups is 2. The quantitative estimate of drug-likeness (QED) is 0.844. The Kier molecular flexibility index (Phi) is 6.09. The molecule has 5 nitrogen and oxygen atoms in total. The summed E-state index contributed by atoms with van der Waals surface area (Å²) in [5.41, 5.74) is 0. The first-order valence-corrected chi connectivity index (χ1v) is 8.46. The number of hydrogen-bond donors (Lipinski definition) is 1. The van der Waals surface area contributed by atoms with E-state index >= 15 is 0 Å². The Morgan fingerprint density at radius 1 is 1.09 bits per heavy atom. The Balaban J connectivity index is 0.00000176. The van der Waals surface area contributed by atoms with Gasteiger partial charge in [0.15, 0.2) is 0 Å². The average molecular weight is 330 g/mol. The van der Waals surface area contributed by atoms with Crippen LogP contribution < -0.4 is 5.32 Å². The van der Waals surface area contributed by atoms with Gasteiger partial charge in [0, 0.05) is 45.7 Å². The molecule has 126 valence electrons. The van der Waals surface area contributed by atoms with E-state index in [0.717, 1.165) is 52.0 Å². The molecule has 0 saturated carbocycles. The van der Waals surface area contributed by atoms with E-state index in [0.29, 0.717) is 30.7 Å². The topological polar surface area (TPSA) is 52.7 Å². The number of carbonyl (C=O) groups excluding carboxylic acids is 2. The van der Waals surface area contributed by atoms with Crippen molar-refractivity contribution in [2.45, 2.75) is 32.6 Å². The van der Waals surface area contributed by atoms with Gasteiger partial charge in [-0.2, -0.15) is 0 Å². The van der Waals surface area contributed by atoms with Crippen LogP contribution in [0.2, 0.25) is 0 Å². The number of hydrogen-bond acceptors (Lipinski definition) is 3. The Labute approximate surface area is 139 Å². The maximum absolute atomic E-state index is 12.7. The number of piperidine rings is 1. The minimum Gasteiger partial charge on any atom is -0.342 e. The lowest BCUT2D eigenvalue weighted by Crippen LogP contribution is -2.46. The summed E-state index contributed by atoms with van der Waals surface area (Å²) in [6.45, 7) is 7.44. The van der Waals surface area contributed by atoms with Crippen LogP contribution in [0.25, 0.3) is 0 Å². The summed E-state index contributed by atoms with van der Waals surface area (Å²) in [6.07, 6.45) is 3.41. The molecule has 3 saturated heterocycles. The predicted molar refractivity (Wildman–Crippen MR) is 87.9 cm³/mol. The van der Waals surface area contributed by atoms with Crippen LogP contribution in [-0.4, -0.2) is 60.9 Å². The molecule has 0 bridgehead atoms. The molecule has 3 atom stereocenters. The third kappa shape index (κ3) is 3.57. The first kappa shape index (κ1) is 17.5. The maximum Gasteiger partial charge on any atom is 0.227 e. The normalized spacial score (nSPS) is 30.9. The number of likely N-dealkylation sites (tertiary alicyclic amines) is 2. The average Bonchev–Trinajstić information content (AvgIpc) is 3.08. The van der Waals surface area contributed by atoms with Gasteiger partial charge in [0.1, 0.15) is 0 Å². The SMILES string of the molecule is CCCC(=O)N1CCCC(C(=O)N2C[C@H]3CNC[C@H]3C2)C1.Cl. The van der Waals surface area contributed by atoms with Gasteiger partial charge in [0.05, 0.1) is 5.92 Å². The molecule has 0 aliphatic carbocycles. The molecule has 22 heavy (non-hydrogen) atoms. The monoisotopic (exact) mass is 329 g/mol. The van der Waals surface area contributed by atoms with Gasteiger partial charge in [-0.3, -0.25) is 9.59 Å². The number of halogens is 1. The summed E-state index contributed by atoms with van der Waals surface area (Å²) >= 11 is 0. The highest BCUT2D eigenvalue weighted by Gasteiger charge is 2.40. The lowest BCUT2D eigenvalue weighted by atomic mass is 9.96. The molecule has 3 aliphatic rings. The van der Waals surface area contributed by atoms with Crippen molar-refractivity contribution >= 4 is 24.2 Å². The first-order valence-electron chi connectivity index (χ1n) is 8.46. The van der Waals surface area contributed by atoms with Crippen molar-refractivity contribution in [3.63, 3.8) is 0 Å². The number of fused-ring (bicyclic) bond motifs is 1. The van der Waals surface area contributed by atoms with Crippen molar-refractivity contribution < 1.29 is 9.59 Å². The van der Waals surface area contributed by atoms with Crippen LogP contribution in [0.1, 0.15) is 32.6 Å². The maximum atomic E-state index is 12.7. The lowest BCUT2D eigenvalue weighted by molar-refractivity contribution is -0.140. The fourth-order valence-corrected chi connectivity index (χ4v) is 4.07. The second kappa shape index (κ2) is 7.64. The summed E-state index contributed by atoms with van der Waals surface area (Å²) < 4.78 is 0. The second-order valence-electron chi connectivity index (χ2n) is 6.85. The van der Waals surface area contributed by atoms with E-state index in [1.165, 1.54) is 0 Å². The molecule has 0 aromatic heterocycles. The van der Waals surface area contributed by atoms with E-state index in [9.17, 15) is 9.59 Å². The Morgan fingerprint density at radius 3 is 2.41 bits per heavy atom. The molecule has 0 aromatic carbocycles. The van der Waals surface area contributed by atoms with Gasteiger partial charge in [-0.05, 0) is 31.1 Å². The zero-order valence-electron chi connectivity index (χ0n) is 13.4. The highest BCUT2D eigenvalue weighted by Crippen LogP contribution is 2.29. The summed E-state index contributed by atoms with van der Waals surface area (Å²) in [5, 5.41) is 3.41. The number of nitrogens with one attached hydrogen (secondary N) is 1. The van der Waals surface area contributed by atoms with E-state index in [1.54, 1.807) is 0 Å². The largest absolute Gasteiger partial charge is 0.342 e. The predicted octanol–water partition coefficient (Wildman–Crippen LogP) is 1.12. The van der Waals surface area contributed by atoms with E-state index in [2.05, 4.69) is 10.2 Å². The highest BCUT2D eigenvalue weighted by atomic mass is 35.5. The first-order chi connectivity index (χ1) is 10.2. The number of rotatable bonds is 3. The fourth-order valence-electron chi connectivity index (χ4n) is 4.07. The molecule has 0 radical (unpaired) electrons. The molecule has 3 aliphatic heterocycles. The Morgan fingerprint density at radius 2 is 1.77 bits per heavy atom. The second-order valence-corrected chi connectivity index (χ2v) is 6.85. The molecule has 3 heterocycles. The summed E-state index contributed by atoms with van der Waals surface area (Å²) in [5.74, 6) is 1.84. The zero-order chi connectivity index (χ0) is 14.8. The fraction of sp³-hybridized carbons (Fsp3) is 0.875. The van der Waals surface area contributed by atoms with Crippen LogP contribution in [-0.2, 0) is 9.59 Å². The van der Waals surface area contributed by atoms with Crippen molar-refractivity contribution in [3.05, 3.63) is 0 Å². The van der Waals surface area contributed by atoms with E-state index in [4.69, 9.17) is 0 Å². The van der Waals surface area contributed by atoms with E-state index in [-0.39, 0.29) is 24.2 Å². The smallest absolute Gasteiger partial charge is 0.227 e. The van der Waals surface area contributed by atoms with Crippen LogP contribution in [0.5, 0.6) is 0 Å². The Bertz CT molecular complexity index is 406. The number of amides is 2. The van der Waals surface area contributed by atoms with E-state index < -0.39 is 0 Å². The molecule has 6 heteroatoms. The molecular weight excluding hydrogens is 302 g/mol. The molecule has 1 N–H and O–H groups in total. The van der Waals surface area contributed by atoms with Crippen molar-refractivity contribution in [2.75, 3.05) is 39.3 Å². The van der Waals surface area contributed by atoms with Crippen molar-refractivity contribution in [2.24, 2.45) is 17.8 Å². The lowest BCUT2D eigenvalue weighted by Gasteiger charge is -2.34. The van der Waals surface area contributed by atoms with Crippen LogP contribution in [0.15, 0.2) is 0 Å². The molecular formula is C16H28ClN3O2. The molecule has 0 spiro atoms. The van der Waals surface area contributed by atoms with Gasteiger partial charge in [-0.25, -0.2) is 0 Å².